The molecular weight excluding hydrogens is 256 g/mol. The first-order valence-electron chi connectivity index (χ1n) is 5.28. The van der Waals surface area contributed by atoms with Crippen LogP contribution in [0.3, 0.4) is 0 Å². The summed E-state index contributed by atoms with van der Waals surface area (Å²) in [4.78, 5) is 10.8. The summed E-state index contributed by atoms with van der Waals surface area (Å²) in [5.41, 5.74) is 0. The Kier molecular flexibility index (Phi) is 3.91. The molecule has 1 saturated heterocycles. The summed E-state index contributed by atoms with van der Waals surface area (Å²) in [5, 5.41) is 3.21. The smallest absolute Gasteiger partial charge is 0.222 e. The van der Waals surface area contributed by atoms with Gasteiger partial charge in [-0.2, -0.15) is 0 Å². The summed E-state index contributed by atoms with van der Waals surface area (Å²) in [6.07, 6.45) is 6.19. The van der Waals surface area contributed by atoms with E-state index in [1.54, 1.807) is 12.4 Å². The molecule has 4 nitrogen and oxygen atoms in total. The molecule has 1 aliphatic heterocycles. The molecule has 0 saturated carbocycles. The minimum absolute atomic E-state index is 0.706. The van der Waals surface area contributed by atoms with Gasteiger partial charge in [-0.1, -0.05) is 0 Å². The molecule has 5 heteroatoms. The van der Waals surface area contributed by atoms with Crippen molar-refractivity contribution in [1.82, 2.24) is 14.9 Å². The van der Waals surface area contributed by atoms with Crippen molar-refractivity contribution in [1.29, 1.82) is 0 Å². The van der Waals surface area contributed by atoms with Crippen molar-refractivity contribution < 1.29 is 0 Å². The third-order valence-electron chi connectivity index (χ3n) is 2.53. The van der Waals surface area contributed by atoms with Crippen molar-refractivity contribution in [3.63, 3.8) is 0 Å². The molecule has 0 amide bonds. The Hall–Kier alpha value is -0.680. The monoisotopic (exact) mass is 270 g/mol. The zero-order valence-corrected chi connectivity index (χ0v) is 10.2. The van der Waals surface area contributed by atoms with Gasteiger partial charge in [0, 0.05) is 25.5 Å². The van der Waals surface area contributed by atoms with Crippen molar-refractivity contribution in [3.8, 4) is 0 Å². The Labute approximate surface area is 98.2 Å². The van der Waals surface area contributed by atoms with Gasteiger partial charge in [0.05, 0.1) is 4.47 Å². The lowest BCUT2D eigenvalue weighted by Crippen LogP contribution is -2.26. The van der Waals surface area contributed by atoms with Gasteiger partial charge in [0.25, 0.3) is 0 Å². The van der Waals surface area contributed by atoms with E-state index in [1.807, 2.05) is 0 Å². The maximum Gasteiger partial charge on any atom is 0.222 e. The molecule has 0 spiro atoms. The number of rotatable bonds is 4. The predicted molar refractivity (Wildman–Crippen MR) is 63.9 cm³/mol. The van der Waals surface area contributed by atoms with Crippen LogP contribution >= 0.6 is 15.9 Å². The summed E-state index contributed by atoms with van der Waals surface area (Å²) in [6, 6.07) is 0. The van der Waals surface area contributed by atoms with Crippen molar-refractivity contribution in [2.75, 3.05) is 31.5 Å². The molecule has 0 unspecified atom stereocenters. The predicted octanol–water partition coefficient (Wildman–Crippen LogP) is 1.75. The van der Waals surface area contributed by atoms with Crippen molar-refractivity contribution in [2.24, 2.45) is 0 Å². The Morgan fingerprint density at radius 3 is 2.60 bits per heavy atom. The second-order valence-electron chi connectivity index (χ2n) is 3.70. The van der Waals surface area contributed by atoms with Gasteiger partial charge in [-0.25, -0.2) is 9.97 Å². The van der Waals surface area contributed by atoms with Crippen LogP contribution in [0.1, 0.15) is 12.8 Å². The number of aromatic nitrogens is 2. The van der Waals surface area contributed by atoms with E-state index >= 15 is 0 Å². The van der Waals surface area contributed by atoms with Gasteiger partial charge >= 0.3 is 0 Å². The summed E-state index contributed by atoms with van der Waals surface area (Å²) in [6.45, 7) is 4.48. The Morgan fingerprint density at radius 1 is 1.27 bits per heavy atom. The quantitative estimate of drug-likeness (QED) is 0.905. The summed E-state index contributed by atoms with van der Waals surface area (Å²) in [5.74, 6) is 0.706. The van der Waals surface area contributed by atoms with Gasteiger partial charge in [0.2, 0.25) is 5.95 Å². The van der Waals surface area contributed by atoms with E-state index in [9.17, 15) is 0 Å². The number of likely N-dealkylation sites (tertiary alicyclic amines) is 1. The largest absolute Gasteiger partial charge is 0.353 e. The van der Waals surface area contributed by atoms with Gasteiger partial charge in [-0.15, -0.1) is 0 Å². The van der Waals surface area contributed by atoms with Crippen LogP contribution in [0.5, 0.6) is 0 Å². The zero-order chi connectivity index (χ0) is 10.5. The standard InChI is InChI=1S/C10H15BrN4/c11-9-7-13-10(14-8-9)12-3-6-15-4-1-2-5-15/h7-8H,1-6H2,(H,12,13,14). The van der Waals surface area contributed by atoms with Crippen molar-refractivity contribution in [2.45, 2.75) is 12.8 Å². The number of hydrogen-bond acceptors (Lipinski definition) is 4. The number of anilines is 1. The van der Waals surface area contributed by atoms with E-state index in [2.05, 4.69) is 36.1 Å². The average molecular weight is 271 g/mol. The molecule has 15 heavy (non-hydrogen) atoms. The van der Waals surface area contributed by atoms with Gasteiger partial charge in [0.15, 0.2) is 0 Å². The average Bonchev–Trinajstić information content (AvgIpc) is 2.74. The fourth-order valence-corrected chi connectivity index (χ4v) is 1.94. The van der Waals surface area contributed by atoms with Crippen LogP contribution in [0.15, 0.2) is 16.9 Å². The van der Waals surface area contributed by atoms with Gasteiger partial charge in [-0.3, -0.25) is 0 Å². The number of hydrogen-bond donors (Lipinski definition) is 1. The number of nitrogens with one attached hydrogen (secondary N) is 1. The van der Waals surface area contributed by atoms with Gasteiger partial charge < -0.3 is 10.2 Å². The molecule has 0 aromatic carbocycles. The first kappa shape index (κ1) is 10.8. The molecule has 0 bridgehead atoms. The fourth-order valence-electron chi connectivity index (χ4n) is 1.74. The van der Waals surface area contributed by atoms with E-state index < -0.39 is 0 Å². The lowest BCUT2D eigenvalue weighted by atomic mass is 10.4. The van der Waals surface area contributed by atoms with Gasteiger partial charge in [0.1, 0.15) is 0 Å². The maximum atomic E-state index is 4.15. The molecule has 1 aromatic rings. The molecule has 1 aliphatic rings. The zero-order valence-electron chi connectivity index (χ0n) is 8.62. The molecule has 0 atom stereocenters. The first-order chi connectivity index (χ1) is 7.34. The van der Waals surface area contributed by atoms with E-state index in [1.165, 1.54) is 25.9 Å². The number of nitrogens with zero attached hydrogens (tertiary/aromatic N) is 3. The third kappa shape index (κ3) is 3.43. The van der Waals surface area contributed by atoms with Gasteiger partial charge in [-0.05, 0) is 41.9 Å². The Balaban J connectivity index is 1.71. The lowest BCUT2D eigenvalue weighted by molar-refractivity contribution is 0.352. The molecule has 82 valence electrons. The van der Waals surface area contributed by atoms with Crippen LogP contribution in [-0.4, -0.2) is 41.0 Å². The van der Waals surface area contributed by atoms with Crippen LogP contribution < -0.4 is 5.32 Å². The van der Waals surface area contributed by atoms with Crippen LogP contribution in [0.2, 0.25) is 0 Å². The topological polar surface area (TPSA) is 41.1 Å². The second kappa shape index (κ2) is 5.42. The molecule has 1 fully saturated rings. The van der Waals surface area contributed by atoms with E-state index in [0.717, 1.165) is 17.6 Å². The van der Waals surface area contributed by atoms with Crippen LogP contribution in [0.25, 0.3) is 0 Å². The Morgan fingerprint density at radius 2 is 1.93 bits per heavy atom. The van der Waals surface area contributed by atoms with Crippen LogP contribution in [0, 0.1) is 0 Å². The number of halogens is 1. The highest BCUT2D eigenvalue weighted by Gasteiger charge is 2.10. The van der Waals surface area contributed by atoms with Crippen molar-refractivity contribution >= 4 is 21.9 Å². The molecule has 2 rings (SSSR count). The normalized spacial score (nSPS) is 16.9. The highest BCUT2D eigenvalue weighted by atomic mass is 79.9. The second-order valence-corrected chi connectivity index (χ2v) is 4.62. The highest BCUT2D eigenvalue weighted by molar-refractivity contribution is 9.10. The summed E-state index contributed by atoms with van der Waals surface area (Å²) in [7, 11) is 0. The molecule has 2 heterocycles. The molecular formula is C10H15BrN4. The molecule has 1 aromatic heterocycles. The minimum Gasteiger partial charge on any atom is -0.353 e. The summed E-state index contributed by atoms with van der Waals surface area (Å²) >= 11 is 3.31. The van der Waals surface area contributed by atoms with Crippen molar-refractivity contribution in [3.05, 3.63) is 16.9 Å². The van der Waals surface area contributed by atoms with Crippen LogP contribution in [0.4, 0.5) is 5.95 Å². The van der Waals surface area contributed by atoms with E-state index in [-0.39, 0.29) is 0 Å². The summed E-state index contributed by atoms with van der Waals surface area (Å²) < 4.78 is 0.910. The van der Waals surface area contributed by atoms with Crippen LogP contribution in [-0.2, 0) is 0 Å². The van der Waals surface area contributed by atoms with E-state index in [0.29, 0.717) is 5.95 Å². The first-order valence-corrected chi connectivity index (χ1v) is 6.08. The minimum atomic E-state index is 0.706. The maximum absolute atomic E-state index is 4.15. The lowest BCUT2D eigenvalue weighted by Gasteiger charge is -2.14. The third-order valence-corrected chi connectivity index (χ3v) is 2.94. The molecule has 1 N–H and O–H groups in total. The SMILES string of the molecule is Brc1cnc(NCCN2CCCC2)nc1. The molecule has 0 radical (unpaired) electrons. The fraction of sp³-hybridized carbons (Fsp3) is 0.600. The Bertz CT molecular complexity index is 295. The highest BCUT2D eigenvalue weighted by Crippen LogP contribution is 2.08. The van der Waals surface area contributed by atoms with E-state index in [4.69, 9.17) is 0 Å². The molecule has 0 aliphatic carbocycles.